The molecule has 1 saturated heterocycles. The predicted octanol–water partition coefficient (Wildman–Crippen LogP) is 1.22. The lowest BCUT2D eigenvalue weighted by atomic mass is 9.88. The van der Waals surface area contributed by atoms with Gasteiger partial charge in [0.25, 0.3) is 0 Å². The van der Waals surface area contributed by atoms with Gasteiger partial charge in [-0.3, -0.25) is 0 Å². The van der Waals surface area contributed by atoms with E-state index in [-0.39, 0.29) is 6.10 Å². The summed E-state index contributed by atoms with van der Waals surface area (Å²) in [5.74, 6) is 0.702. The molecule has 0 radical (unpaired) electrons. The lowest BCUT2D eigenvalue weighted by Crippen LogP contribution is -2.53. The molecule has 4 unspecified atom stereocenters. The Kier molecular flexibility index (Phi) is 4.22. The van der Waals surface area contributed by atoms with Gasteiger partial charge in [-0.2, -0.15) is 0 Å². The molecule has 2 rings (SSSR count). The third kappa shape index (κ3) is 2.96. The van der Waals surface area contributed by atoms with Crippen molar-refractivity contribution in [2.75, 3.05) is 20.1 Å². The standard InChI is InChI=1S/C13H26N2O/c1-10-9-15(2)8-7-11(10)14-12-5-3-4-6-13(12)16/h10-14,16H,3-9H2,1-2H3. The molecule has 0 spiro atoms. The van der Waals surface area contributed by atoms with Gasteiger partial charge >= 0.3 is 0 Å². The molecule has 0 aromatic heterocycles. The lowest BCUT2D eigenvalue weighted by molar-refractivity contribution is 0.0688. The molecule has 1 heterocycles. The molecule has 1 saturated carbocycles. The smallest absolute Gasteiger partial charge is 0.0693 e. The van der Waals surface area contributed by atoms with Gasteiger partial charge in [0.1, 0.15) is 0 Å². The zero-order valence-electron chi connectivity index (χ0n) is 10.7. The Morgan fingerprint density at radius 1 is 1.12 bits per heavy atom. The minimum atomic E-state index is -0.111. The normalized spacial score (nSPS) is 42.2. The van der Waals surface area contributed by atoms with Crippen molar-refractivity contribution in [3.8, 4) is 0 Å². The summed E-state index contributed by atoms with van der Waals surface area (Å²) in [5.41, 5.74) is 0. The highest BCUT2D eigenvalue weighted by Gasteiger charge is 2.29. The van der Waals surface area contributed by atoms with Gasteiger partial charge in [-0.15, -0.1) is 0 Å². The molecule has 2 fully saturated rings. The van der Waals surface area contributed by atoms with Crippen LogP contribution in [0, 0.1) is 5.92 Å². The van der Waals surface area contributed by atoms with E-state index in [1.165, 1.54) is 32.4 Å². The van der Waals surface area contributed by atoms with E-state index in [9.17, 15) is 5.11 Å². The number of nitrogens with zero attached hydrogens (tertiary/aromatic N) is 1. The molecule has 0 aromatic rings. The molecule has 3 nitrogen and oxygen atoms in total. The highest BCUT2D eigenvalue weighted by atomic mass is 16.3. The quantitative estimate of drug-likeness (QED) is 0.743. The highest BCUT2D eigenvalue weighted by Crippen LogP contribution is 2.22. The fourth-order valence-electron chi connectivity index (χ4n) is 3.18. The lowest BCUT2D eigenvalue weighted by Gasteiger charge is -2.39. The second-order valence-electron chi connectivity index (χ2n) is 5.76. The van der Waals surface area contributed by atoms with E-state index in [4.69, 9.17) is 0 Å². The van der Waals surface area contributed by atoms with Gasteiger partial charge in [-0.05, 0) is 38.8 Å². The van der Waals surface area contributed by atoms with Gasteiger partial charge in [0.15, 0.2) is 0 Å². The second kappa shape index (κ2) is 5.48. The van der Waals surface area contributed by atoms with Crippen LogP contribution < -0.4 is 5.32 Å². The van der Waals surface area contributed by atoms with E-state index >= 15 is 0 Å². The molecular formula is C13H26N2O. The molecule has 0 amide bonds. The fourth-order valence-corrected chi connectivity index (χ4v) is 3.18. The predicted molar refractivity (Wildman–Crippen MR) is 66.5 cm³/mol. The van der Waals surface area contributed by atoms with Crippen molar-refractivity contribution in [2.24, 2.45) is 5.92 Å². The number of nitrogens with one attached hydrogen (secondary N) is 1. The van der Waals surface area contributed by atoms with Crippen LogP contribution in [0.5, 0.6) is 0 Å². The van der Waals surface area contributed by atoms with Crippen molar-refractivity contribution in [2.45, 2.75) is 57.2 Å². The zero-order chi connectivity index (χ0) is 11.5. The van der Waals surface area contributed by atoms with Gasteiger partial charge in [0, 0.05) is 18.6 Å². The number of aliphatic hydroxyl groups excluding tert-OH is 1. The first-order chi connectivity index (χ1) is 7.66. The summed E-state index contributed by atoms with van der Waals surface area (Å²) in [4.78, 5) is 2.40. The first-order valence-electron chi connectivity index (χ1n) is 6.79. The first kappa shape index (κ1) is 12.3. The number of likely N-dealkylation sites (tertiary alicyclic amines) is 1. The maximum absolute atomic E-state index is 9.96. The fraction of sp³-hybridized carbons (Fsp3) is 1.00. The summed E-state index contributed by atoms with van der Waals surface area (Å²) < 4.78 is 0. The SMILES string of the molecule is CC1CN(C)CCC1NC1CCCCC1O. The number of rotatable bonds is 2. The van der Waals surface area contributed by atoms with Crippen LogP contribution in [0.1, 0.15) is 39.0 Å². The van der Waals surface area contributed by atoms with Gasteiger partial charge in [-0.1, -0.05) is 19.8 Å². The van der Waals surface area contributed by atoms with E-state index in [0.29, 0.717) is 18.0 Å². The number of hydrogen-bond acceptors (Lipinski definition) is 3. The summed E-state index contributed by atoms with van der Waals surface area (Å²) in [7, 11) is 2.20. The van der Waals surface area contributed by atoms with E-state index < -0.39 is 0 Å². The minimum absolute atomic E-state index is 0.111. The van der Waals surface area contributed by atoms with Crippen LogP contribution in [0.4, 0.5) is 0 Å². The Bertz CT molecular complexity index is 222. The third-order valence-electron chi connectivity index (χ3n) is 4.27. The summed E-state index contributed by atoms with van der Waals surface area (Å²) in [5, 5.41) is 13.7. The van der Waals surface area contributed by atoms with E-state index in [1.54, 1.807) is 0 Å². The monoisotopic (exact) mass is 226 g/mol. The summed E-state index contributed by atoms with van der Waals surface area (Å²) in [6.45, 7) is 4.69. The first-order valence-corrected chi connectivity index (χ1v) is 6.79. The molecule has 94 valence electrons. The van der Waals surface area contributed by atoms with Crippen molar-refractivity contribution in [3.63, 3.8) is 0 Å². The Hall–Kier alpha value is -0.120. The van der Waals surface area contributed by atoms with Crippen LogP contribution in [0.15, 0.2) is 0 Å². The van der Waals surface area contributed by atoms with Crippen LogP contribution >= 0.6 is 0 Å². The molecule has 3 heteroatoms. The minimum Gasteiger partial charge on any atom is -0.392 e. The Morgan fingerprint density at radius 2 is 1.88 bits per heavy atom. The summed E-state index contributed by atoms with van der Waals surface area (Å²) in [6, 6.07) is 0.957. The maximum Gasteiger partial charge on any atom is 0.0693 e. The van der Waals surface area contributed by atoms with Crippen molar-refractivity contribution in [1.29, 1.82) is 0 Å². The average Bonchev–Trinajstić information content (AvgIpc) is 2.25. The Morgan fingerprint density at radius 3 is 2.56 bits per heavy atom. The molecule has 1 aliphatic heterocycles. The van der Waals surface area contributed by atoms with Gasteiger partial charge in [0.05, 0.1) is 6.10 Å². The molecule has 1 aliphatic carbocycles. The second-order valence-corrected chi connectivity index (χ2v) is 5.76. The topological polar surface area (TPSA) is 35.5 Å². The molecular weight excluding hydrogens is 200 g/mol. The number of piperidine rings is 1. The van der Waals surface area contributed by atoms with Crippen LogP contribution in [0.3, 0.4) is 0 Å². The van der Waals surface area contributed by atoms with Crippen LogP contribution in [0.25, 0.3) is 0 Å². The molecule has 16 heavy (non-hydrogen) atoms. The van der Waals surface area contributed by atoms with Gasteiger partial charge in [0.2, 0.25) is 0 Å². The van der Waals surface area contributed by atoms with Gasteiger partial charge in [-0.25, -0.2) is 0 Å². The van der Waals surface area contributed by atoms with Gasteiger partial charge < -0.3 is 15.3 Å². The van der Waals surface area contributed by atoms with Crippen molar-refractivity contribution in [3.05, 3.63) is 0 Å². The third-order valence-corrected chi connectivity index (χ3v) is 4.27. The van der Waals surface area contributed by atoms with Crippen molar-refractivity contribution >= 4 is 0 Å². The largest absolute Gasteiger partial charge is 0.392 e. The molecule has 0 bridgehead atoms. The van der Waals surface area contributed by atoms with Crippen LogP contribution in [-0.4, -0.2) is 48.3 Å². The van der Waals surface area contributed by atoms with E-state index in [2.05, 4.69) is 24.2 Å². The van der Waals surface area contributed by atoms with E-state index in [0.717, 1.165) is 12.8 Å². The van der Waals surface area contributed by atoms with Crippen molar-refractivity contribution in [1.82, 2.24) is 10.2 Å². The Labute approximate surface area is 99.2 Å². The number of hydrogen-bond donors (Lipinski definition) is 2. The average molecular weight is 226 g/mol. The molecule has 4 atom stereocenters. The molecule has 0 aromatic carbocycles. The van der Waals surface area contributed by atoms with E-state index in [1.807, 2.05) is 0 Å². The zero-order valence-corrected chi connectivity index (χ0v) is 10.7. The molecule has 2 N–H and O–H groups in total. The summed E-state index contributed by atoms with van der Waals surface area (Å²) >= 11 is 0. The summed E-state index contributed by atoms with van der Waals surface area (Å²) in [6.07, 6.45) is 5.72. The maximum atomic E-state index is 9.96. The van der Waals surface area contributed by atoms with Crippen LogP contribution in [0.2, 0.25) is 0 Å². The molecule has 2 aliphatic rings. The van der Waals surface area contributed by atoms with Crippen molar-refractivity contribution < 1.29 is 5.11 Å². The highest BCUT2D eigenvalue weighted by molar-refractivity contribution is 4.88. The Balaban J connectivity index is 1.83. The van der Waals surface area contributed by atoms with Crippen LogP contribution in [-0.2, 0) is 0 Å². The number of aliphatic hydroxyl groups is 1.